The first-order valence-electron chi connectivity index (χ1n) is 13.5. The Hall–Kier alpha value is -3.48. The maximum atomic E-state index is 12.4. The number of carbonyl (C=O) groups excluding carboxylic acids is 4. The first kappa shape index (κ1) is 28.1. The Balaban J connectivity index is 1.19. The molecule has 0 aliphatic carbocycles. The third kappa shape index (κ3) is 8.55. The van der Waals surface area contributed by atoms with Gasteiger partial charge in [0.05, 0.1) is 23.3 Å². The summed E-state index contributed by atoms with van der Waals surface area (Å²) in [6.45, 7) is 2.94. The predicted octanol–water partition coefficient (Wildman–Crippen LogP) is 6.39. The molecule has 0 saturated carbocycles. The lowest BCUT2D eigenvalue weighted by molar-refractivity contribution is -0.116. The molecule has 1 heterocycles. The van der Waals surface area contributed by atoms with Gasteiger partial charge >= 0.3 is 5.97 Å². The van der Waals surface area contributed by atoms with Crippen LogP contribution in [0.4, 0.5) is 5.69 Å². The van der Waals surface area contributed by atoms with Crippen molar-refractivity contribution in [2.45, 2.75) is 77.6 Å². The maximum Gasteiger partial charge on any atom is 0.338 e. The van der Waals surface area contributed by atoms with Gasteiger partial charge in [-0.05, 0) is 55.7 Å². The summed E-state index contributed by atoms with van der Waals surface area (Å²) in [5.74, 6) is -0.714. The van der Waals surface area contributed by atoms with Crippen LogP contribution in [0.2, 0.25) is 0 Å². The van der Waals surface area contributed by atoms with E-state index >= 15 is 0 Å². The third-order valence-electron chi connectivity index (χ3n) is 6.55. The molecule has 0 bridgehead atoms. The highest BCUT2D eigenvalue weighted by Crippen LogP contribution is 2.23. The number of nitrogens with one attached hydrogen (secondary N) is 1. The predicted molar refractivity (Wildman–Crippen MR) is 144 cm³/mol. The van der Waals surface area contributed by atoms with E-state index in [0.29, 0.717) is 42.0 Å². The van der Waals surface area contributed by atoms with Gasteiger partial charge in [0.15, 0.2) is 0 Å². The van der Waals surface area contributed by atoms with E-state index in [2.05, 4.69) is 5.32 Å². The van der Waals surface area contributed by atoms with Gasteiger partial charge in [0.25, 0.3) is 11.8 Å². The second-order valence-electron chi connectivity index (χ2n) is 9.50. The zero-order valence-corrected chi connectivity index (χ0v) is 21.8. The summed E-state index contributed by atoms with van der Waals surface area (Å²) in [6, 6.07) is 13.8. The van der Waals surface area contributed by atoms with Crippen LogP contribution in [0, 0.1) is 0 Å². The Morgan fingerprint density at radius 3 is 1.92 bits per heavy atom. The standard InChI is InChI=1S/C30H38N2O5/c1-2-3-22-37-30(36)23-17-19-24(20-18-23)31-27(33)16-10-8-6-4-5-7-9-13-21-32-28(34)25-14-11-12-15-26(25)29(32)35/h11-12,14-15,17-20H,2-10,13,16,21-22H2,1H3,(H,31,33). The fourth-order valence-corrected chi connectivity index (χ4v) is 4.36. The molecule has 2 aromatic rings. The minimum Gasteiger partial charge on any atom is -0.462 e. The Bertz CT molecular complexity index is 1030. The number of amides is 3. The molecule has 0 radical (unpaired) electrons. The second-order valence-corrected chi connectivity index (χ2v) is 9.50. The fraction of sp³-hybridized carbons (Fsp3) is 0.467. The number of benzene rings is 2. The van der Waals surface area contributed by atoms with Crippen LogP contribution in [0.25, 0.3) is 0 Å². The highest BCUT2D eigenvalue weighted by Gasteiger charge is 2.34. The monoisotopic (exact) mass is 506 g/mol. The second kappa shape index (κ2) is 14.9. The van der Waals surface area contributed by atoms with E-state index in [-0.39, 0.29) is 23.7 Å². The lowest BCUT2D eigenvalue weighted by Gasteiger charge is -2.13. The first-order chi connectivity index (χ1) is 18.0. The molecule has 3 amide bonds. The maximum absolute atomic E-state index is 12.4. The Morgan fingerprint density at radius 2 is 1.32 bits per heavy atom. The van der Waals surface area contributed by atoms with E-state index in [0.717, 1.165) is 64.2 Å². The van der Waals surface area contributed by atoms with Crippen LogP contribution in [0.1, 0.15) is 109 Å². The van der Waals surface area contributed by atoms with Gasteiger partial charge in [-0.3, -0.25) is 19.3 Å². The molecule has 7 heteroatoms. The van der Waals surface area contributed by atoms with Crippen LogP contribution >= 0.6 is 0 Å². The van der Waals surface area contributed by atoms with Gasteiger partial charge in [-0.1, -0.05) is 64.0 Å². The summed E-state index contributed by atoms with van der Waals surface area (Å²) in [5.41, 5.74) is 2.19. The van der Waals surface area contributed by atoms with Gasteiger partial charge in [-0.25, -0.2) is 4.79 Å². The van der Waals surface area contributed by atoms with E-state index in [1.54, 1.807) is 48.5 Å². The number of hydrogen-bond acceptors (Lipinski definition) is 5. The van der Waals surface area contributed by atoms with Crippen molar-refractivity contribution in [1.29, 1.82) is 0 Å². The number of fused-ring (bicyclic) bond motifs is 1. The SMILES string of the molecule is CCCCOC(=O)c1ccc(NC(=O)CCCCCCCCCCN2C(=O)c3ccccc3C2=O)cc1. The van der Waals surface area contributed by atoms with E-state index < -0.39 is 0 Å². The number of ether oxygens (including phenoxy) is 1. The first-order valence-corrected chi connectivity index (χ1v) is 13.5. The summed E-state index contributed by atoms with van der Waals surface area (Å²) in [7, 11) is 0. The van der Waals surface area contributed by atoms with E-state index in [9.17, 15) is 19.2 Å². The number of hydrogen-bond donors (Lipinski definition) is 1. The molecular formula is C30H38N2O5. The summed E-state index contributed by atoms with van der Waals surface area (Å²) < 4.78 is 5.19. The fourth-order valence-electron chi connectivity index (χ4n) is 4.36. The molecule has 0 spiro atoms. The summed E-state index contributed by atoms with van der Waals surface area (Å²) in [4.78, 5) is 50.2. The van der Waals surface area contributed by atoms with Crippen LogP contribution < -0.4 is 5.32 Å². The van der Waals surface area contributed by atoms with Gasteiger partial charge < -0.3 is 10.1 Å². The van der Waals surface area contributed by atoms with E-state index in [1.807, 2.05) is 6.92 Å². The van der Waals surface area contributed by atoms with E-state index in [4.69, 9.17) is 4.74 Å². The topological polar surface area (TPSA) is 92.8 Å². The number of nitrogens with zero attached hydrogens (tertiary/aromatic N) is 1. The lowest BCUT2D eigenvalue weighted by atomic mass is 10.1. The molecule has 198 valence electrons. The average molecular weight is 507 g/mol. The Kier molecular flexibility index (Phi) is 11.3. The van der Waals surface area contributed by atoms with E-state index in [1.165, 1.54) is 4.90 Å². The Morgan fingerprint density at radius 1 is 0.757 bits per heavy atom. The minimum atomic E-state index is -0.339. The normalized spacial score (nSPS) is 12.5. The van der Waals surface area contributed by atoms with Crippen molar-refractivity contribution in [2.24, 2.45) is 0 Å². The van der Waals surface area contributed by atoms with Crippen molar-refractivity contribution in [3.8, 4) is 0 Å². The molecule has 0 aromatic heterocycles. The van der Waals surface area contributed by atoms with Crippen LogP contribution in [0.5, 0.6) is 0 Å². The van der Waals surface area contributed by atoms with Crippen LogP contribution in [-0.2, 0) is 9.53 Å². The van der Waals surface area contributed by atoms with Crippen LogP contribution in [0.15, 0.2) is 48.5 Å². The molecule has 3 rings (SSSR count). The number of esters is 1. The van der Waals surface area contributed by atoms with Crippen LogP contribution in [-0.4, -0.2) is 41.7 Å². The summed E-state index contributed by atoms with van der Waals surface area (Å²) in [6.07, 6.45) is 10.3. The molecule has 1 aliphatic rings. The summed E-state index contributed by atoms with van der Waals surface area (Å²) in [5, 5.41) is 2.88. The van der Waals surface area contributed by atoms with Crippen LogP contribution in [0.3, 0.4) is 0 Å². The number of carbonyl (C=O) groups is 4. The molecular weight excluding hydrogens is 468 g/mol. The number of rotatable bonds is 16. The average Bonchev–Trinajstić information content (AvgIpc) is 3.15. The quantitative estimate of drug-likeness (QED) is 0.162. The number of unbranched alkanes of at least 4 members (excludes halogenated alkanes) is 8. The minimum absolute atomic E-state index is 0.0218. The van der Waals surface area contributed by atoms with Crippen molar-refractivity contribution >= 4 is 29.4 Å². The van der Waals surface area contributed by atoms with Gasteiger partial charge in [-0.2, -0.15) is 0 Å². The Labute approximate surface area is 219 Å². The third-order valence-corrected chi connectivity index (χ3v) is 6.55. The molecule has 1 N–H and O–H groups in total. The molecule has 0 unspecified atom stereocenters. The highest BCUT2D eigenvalue weighted by atomic mass is 16.5. The van der Waals surface area contributed by atoms with Crippen molar-refractivity contribution in [3.05, 3.63) is 65.2 Å². The molecule has 0 fully saturated rings. The number of imide groups is 1. The van der Waals surface area contributed by atoms with Crippen molar-refractivity contribution < 1.29 is 23.9 Å². The molecule has 37 heavy (non-hydrogen) atoms. The number of anilines is 1. The van der Waals surface area contributed by atoms with Gasteiger partial charge in [0, 0.05) is 18.7 Å². The molecule has 0 atom stereocenters. The molecule has 0 saturated heterocycles. The lowest BCUT2D eigenvalue weighted by Crippen LogP contribution is -2.30. The van der Waals surface area contributed by atoms with Gasteiger partial charge in [0.2, 0.25) is 5.91 Å². The zero-order chi connectivity index (χ0) is 26.5. The van der Waals surface area contributed by atoms with Gasteiger partial charge in [-0.15, -0.1) is 0 Å². The smallest absolute Gasteiger partial charge is 0.338 e. The highest BCUT2D eigenvalue weighted by molar-refractivity contribution is 6.21. The largest absolute Gasteiger partial charge is 0.462 e. The summed E-state index contributed by atoms with van der Waals surface area (Å²) >= 11 is 0. The zero-order valence-electron chi connectivity index (χ0n) is 21.8. The van der Waals surface area contributed by atoms with Gasteiger partial charge in [0.1, 0.15) is 0 Å². The molecule has 2 aromatic carbocycles. The molecule has 1 aliphatic heterocycles. The molecule has 7 nitrogen and oxygen atoms in total. The van der Waals surface area contributed by atoms with Crippen molar-refractivity contribution in [3.63, 3.8) is 0 Å². The van der Waals surface area contributed by atoms with Crippen molar-refractivity contribution in [2.75, 3.05) is 18.5 Å². The van der Waals surface area contributed by atoms with Crippen molar-refractivity contribution in [1.82, 2.24) is 4.90 Å².